The van der Waals surface area contributed by atoms with Crippen LogP contribution in [0.3, 0.4) is 0 Å². The van der Waals surface area contributed by atoms with Crippen molar-refractivity contribution in [2.24, 2.45) is 0 Å². The van der Waals surface area contributed by atoms with E-state index in [9.17, 15) is 5.11 Å². The van der Waals surface area contributed by atoms with E-state index in [2.05, 4.69) is 17.5 Å². The third-order valence-corrected chi connectivity index (χ3v) is 4.19. The van der Waals surface area contributed by atoms with Gasteiger partial charge in [-0.05, 0) is 40.9 Å². The zero-order valence-corrected chi connectivity index (χ0v) is 10.9. The molecular weight excluding hydrogens is 244 g/mol. The largest absolute Gasteiger partial charge is 0.466 e. The molecule has 2 heterocycles. The second-order valence-corrected chi connectivity index (χ2v) is 5.36. The monoisotopic (exact) mass is 258 g/mol. The summed E-state index contributed by atoms with van der Waals surface area (Å²) >= 11 is 1.72. The molecule has 0 spiro atoms. The molecule has 0 bridgehead atoms. The van der Waals surface area contributed by atoms with Crippen LogP contribution in [-0.4, -0.2) is 5.11 Å². The van der Waals surface area contributed by atoms with Gasteiger partial charge in [0.25, 0.3) is 0 Å². The van der Waals surface area contributed by atoms with E-state index < -0.39 is 6.10 Å². The minimum atomic E-state index is -0.571. The maximum absolute atomic E-state index is 10.2. The number of aryl methyl sites for hydroxylation is 1. The van der Waals surface area contributed by atoms with Crippen LogP contribution >= 0.6 is 11.3 Å². The van der Waals surface area contributed by atoms with Crippen LogP contribution in [0.5, 0.6) is 0 Å². The van der Waals surface area contributed by atoms with E-state index in [-0.39, 0.29) is 0 Å². The number of hydrogen-bond acceptors (Lipinski definition) is 3. The molecule has 0 amide bonds. The standard InChI is InChI=1S/C15H14O2S/c1-10-6-7-17-15(10)13(16)8-11-9-18-14-5-3-2-4-12(11)14/h2-7,9,13,16H,8H2,1H3. The fourth-order valence-corrected chi connectivity index (χ4v) is 3.19. The van der Waals surface area contributed by atoms with Crippen molar-refractivity contribution in [3.05, 3.63) is 58.9 Å². The van der Waals surface area contributed by atoms with E-state index in [1.807, 2.05) is 25.1 Å². The van der Waals surface area contributed by atoms with Crippen molar-refractivity contribution in [2.45, 2.75) is 19.4 Å². The van der Waals surface area contributed by atoms with Gasteiger partial charge in [-0.25, -0.2) is 0 Å². The predicted octanol–water partition coefficient (Wildman–Crippen LogP) is 4.08. The van der Waals surface area contributed by atoms with E-state index in [0.29, 0.717) is 12.2 Å². The number of benzene rings is 1. The average Bonchev–Trinajstić information content (AvgIpc) is 2.97. The first kappa shape index (κ1) is 11.5. The smallest absolute Gasteiger partial charge is 0.135 e. The quantitative estimate of drug-likeness (QED) is 0.768. The third-order valence-electron chi connectivity index (χ3n) is 3.18. The number of fused-ring (bicyclic) bond motifs is 1. The molecule has 0 aliphatic carbocycles. The molecule has 3 rings (SSSR count). The van der Waals surface area contributed by atoms with Crippen LogP contribution in [0.1, 0.15) is 23.0 Å². The van der Waals surface area contributed by atoms with E-state index in [1.165, 1.54) is 15.6 Å². The molecule has 92 valence electrons. The number of thiophene rings is 1. The molecule has 2 aromatic heterocycles. The van der Waals surface area contributed by atoms with Gasteiger partial charge < -0.3 is 9.52 Å². The molecule has 2 nitrogen and oxygen atoms in total. The first-order chi connectivity index (χ1) is 8.75. The van der Waals surface area contributed by atoms with Crippen molar-refractivity contribution >= 4 is 21.4 Å². The maximum atomic E-state index is 10.2. The SMILES string of the molecule is Cc1ccoc1C(O)Cc1csc2ccccc12. The molecular formula is C15H14O2S. The van der Waals surface area contributed by atoms with Crippen LogP contribution < -0.4 is 0 Å². The van der Waals surface area contributed by atoms with Crippen molar-refractivity contribution in [1.29, 1.82) is 0 Å². The van der Waals surface area contributed by atoms with Gasteiger partial charge in [0.1, 0.15) is 11.9 Å². The summed E-state index contributed by atoms with van der Waals surface area (Å²) in [6.45, 7) is 1.95. The highest BCUT2D eigenvalue weighted by molar-refractivity contribution is 7.17. The Morgan fingerprint density at radius 1 is 1.28 bits per heavy atom. The van der Waals surface area contributed by atoms with E-state index in [0.717, 1.165) is 5.56 Å². The zero-order valence-electron chi connectivity index (χ0n) is 10.1. The second kappa shape index (κ2) is 4.59. The Morgan fingerprint density at radius 3 is 2.89 bits per heavy atom. The van der Waals surface area contributed by atoms with Crippen LogP contribution in [0.2, 0.25) is 0 Å². The summed E-state index contributed by atoms with van der Waals surface area (Å²) in [4.78, 5) is 0. The lowest BCUT2D eigenvalue weighted by atomic mass is 10.0. The second-order valence-electron chi connectivity index (χ2n) is 4.44. The summed E-state index contributed by atoms with van der Waals surface area (Å²) in [5.74, 6) is 0.672. The van der Waals surface area contributed by atoms with Crippen molar-refractivity contribution < 1.29 is 9.52 Å². The first-order valence-electron chi connectivity index (χ1n) is 5.93. The molecule has 1 aromatic carbocycles. The fraction of sp³-hybridized carbons (Fsp3) is 0.200. The predicted molar refractivity (Wildman–Crippen MR) is 73.9 cm³/mol. The van der Waals surface area contributed by atoms with Gasteiger partial charge in [0.05, 0.1) is 6.26 Å². The lowest BCUT2D eigenvalue weighted by Crippen LogP contribution is -2.01. The van der Waals surface area contributed by atoms with Crippen LogP contribution in [0, 0.1) is 6.92 Å². The summed E-state index contributed by atoms with van der Waals surface area (Å²) < 4.78 is 6.60. The maximum Gasteiger partial charge on any atom is 0.135 e. The number of furan rings is 1. The summed E-state index contributed by atoms with van der Waals surface area (Å²) in [7, 11) is 0. The molecule has 3 heteroatoms. The van der Waals surface area contributed by atoms with Gasteiger partial charge in [-0.2, -0.15) is 0 Å². The first-order valence-corrected chi connectivity index (χ1v) is 6.81. The van der Waals surface area contributed by atoms with Gasteiger partial charge in [0.2, 0.25) is 0 Å². The lowest BCUT2D eigenvalue weighted by Gasteiger charge is -2.08. The van der Waals surface area contributed by atoms with Gasteiger partial charge in [-0.1, -0.05) is 18.2 Å². The highest BCUT2D eigenvalue weighted by Gasteiger charge is 2.16. The number of rotatable bonds is 3. The Kier molecular flexibility index (Phi) is 2.94. The summed E-state index contributed by atoms with van der Waals surface area (Å²) in [5.41, 5.74) is 2.18. The topological polar surface area (TPSA) is 33.4 Å². The fourth-order valence-electron chi connectivity index (χ4n) is 2.22. The molecule has 18 heavy (non-hydrogen) atoms. The van der Waals surface area contributed by atoms with Crippen LogP contribution in [0.4, 0.5) is 0 Å². The molecule has 0 saturated carbocycles. The lowest BCUT2D eigenvalue weighted by molar-refractivity contribution is 0.149. The van der Waals surface area contributed by atoms with E-state index in [1.54, 1.807) is 17.6 Å². The molecule has 0 fully saturated rings. The van der Waals surface area contributed by atoms with Crippen molar-refractivity contribution in [3.63, 3.8) is 0 Å². The van der Waals surface area contributed by atoms with Gasteiger partial charge >= 0.3 is 0 Å². The summed E-state index contributed by atoms with van der Waals surface area (Å²) in [6, 6.07) is 10.2. The van der Waals surface area contributed by atoms with Crippen LogP contribution in [-0.2, 0) is 6.42 Å². The summed E-state index contributed by atoms with van der Waals surface area (Å²) in [5, 5.41) is 13.6. The van der Waals surface area contributed by atoms with Crippen LogP contribution in [0.15, 0.2) is 46.4 Å². The highest BCUT2D eigenvalue weighted by Crippen LogP contribution is 2.30. The molecule has 3 aromatic rings. The van der Waals surface area contributed by atoms with Gasteiger partial charge in [0, 0.05) is 11.1 Å². The highest BCUT2D eigenvalue weighted by atomic mass is 32.1. The molecule has 0 aliphatic heterocycles. The summed E-state index contributed by atoms with van der Waals surface area (Å²) in [6.07, 6.45) is 1.65. The van der Waals surface area contributed by atoms with Crippen molar-refractivity contribution in [3.8, 4) is 0 Å². The van der Waals surface area contributed by atoms with Crippen molar-refractivity contribution in [2.75, 3.05) is 0 Å². The van der Waals surface area contributed by atoms with E-state index in [4.69, 9.17) is 4.42 Å². The molecule has 1 N–H and O–H groups in total. The normalized spacial score (nSPS) is 13.0. The third kappa shape index (κ3) is 1.96. The van der Waals surface area contributed by atoms with Gasteiger partial charge in [-0.3, -0.25) is 0 Å². The van der Waals surface area contributed by atoms with Gasteiger partial charge in [0.15, 0.2) is 0 Å². The number of aliphatic hydroxyl groups excluding tert-OH is 1. The Balaban J connectivity index is 1.91. The molecule has 0 aliphatic rings. The molecule has 0 saturated heterocycles. The zero-order chi connectivity index (χ0) is 12.5. The molecule has 1 unspecified atom stereocenters. The minimum Gasteiger partial charge on any atom is -0.466 e. The Morgan fingerprint density at radius 2 is 2.11 bits per heavy atom. The average molecular weight is 258 g/mol. The van der Waals surface area contributed by atoms with Crippen LogP contribution in [0.25, 0.3) is 10.1 Å². The van der Waals surface area contributed by atoms with E-state index >= 15 is 0 Å². The van der Waals surface area contributed by atoms with Crippen molar-refractivity contribution in [1.82, 2.24) is 0 Å². The molecule has 1 atom stereocenters. The Hall–Kier alpha value is -1.58. The molecule has 0 radical (unpaired) electrons. The minimum absolute atomic E-state index is 0.571. The number of aliphatic hydroxyl groups is 1. The Labute approximate surface area is 109 Å². The van der Waals surface area contributed by atoms with Gasteiger partial charge in [-0.15, -0.1) is 11.3 Å². The Bertz CT molecular complexity index is 666. The number of hydrogen-bond donors (Lipinski definition) is 1.